The molecule has 0 radical (unpaired) electrons. The van der Waals surface area contributed by atoms with Crippen molar-refractivity contribution >= 4 is 40.4 Å². The van der Waals surface area contributed by atoms with Gasteiger partial charge >= 0.3 is 125 Å². The fourth-order valence-electron chi connectivity index (χ4n) is 2.31. The Morgan fingerprint density at radius 2 is 2.16 bits per heavy atom. The molecular weight excluding hydrogens is 299 g/mol. The van der Waals surface area contributed by atoms with Crippen LogP contribution in [0.5, 0.6) is 0 Å². The maximum absolute atomic E-state index is 6.17. The molecular formula is C15H22BBrN2. The molecule has 2 rings (SSSR count). The third-order valence-corrected chi connectivity index (χ3v) is 3.94. The average molecular weight is 321 g/mol. The number of nitrogens with two attached hydrogens (primary N) is 1. The van der Waals surface area contributed by atoms with Crippen LogP contribution in [0.4, 0.5) is 11.4 Å². The molecule has 2 nitrogen and oxygen atoms in total. The number of hydrogen-bond donors (Lipinski definition) is 1. The standard InChI is InChI=1S/C15H22BBrN2/c1-10(2)7-15(16)19(9-11-3-4-11)14-6-5-12(17)8-13(14)18/h5-6,8,10-11,16H,3-4,7,9,18H2,1-2H3. The number of nitrogens with zero attached hydrogens (tertiary/aromatic N) is 1. The van der Waals surface area contributed by atoms with E-state index < -0.39 is 0 Å². The Morgan fingerprint density at radius 3 is 2.68 bits per heavy atom. The van der Waals surface area contributed by atoms with Gasteiger partial charge in [0.15, 0.2) is 0 Å². The van der Waals surface area contributed by atoms with Crippen LogP contribution < -0.4 is 10.6 Å². The molecule has 1 aliphatic rings. The Labute approximate surface area is 125 Å². The molecule has 0 heterocycles. The van der Waals surface area contributed by atoms with E-state index >= 15 is 0 Å². The molecule has 1 fully saturated rings. The van der Waals surface area contributed by atoms with E-state index in [1.807, 2.05) is 12.1 Å². The van der Waals surface area contributed by atoms with Crippen molar-refractivity contribution in [2.24, 2.45) is 11.8 Å². The number of nitrogen functional groups attached to an aromatic ring is 1. The van der Waals surface area contributed by atoms with E-state index in [0.717, 1.165) is 34.7 Å². The van der Waals surface area contributed by atoms with Gasteiger partial charge in [0, 0.05) is 0 Å². The first-order valence-corrected chi connectivity index (χ1v) is 7.77. The summed E-state index contributed by atoms with van der Waals surface area (Å²) in [4.78, 5) is 2.32. The van der Waals surface area contributed by atoms with Gasteiger partial charge in [0.25, 0.3) is 0 Å². The van der Waals surface area contributed by atoms with E-state index in [9.17, 15) is 0 Å². The van der Waals surface area contributed by atoms with Gasteiger partial charge in [-0.1, -0.05) is 0 Å². The van der Waals surface area contributed by atoms with Crippen molar-refractivity contribution in [1.29, 1.82) is 0 Å². The third kappa shape index (κ3) is 4.10. The zero-order valence-corrected chi connectivity index (χ0v) is 13.4. The predicted octanol–water partition coefficient (Wildman–Crippen LogP) is 3.32. The van der Waals surface area contributed by atoms with Crippen LogP contribution in [0, 0.1) is 11.8 Å². The number of benzene rings is 1. The second-order valence-electron chi connectivity index (χ2n) is 5.92. The molecule has 0 unspecified atom stereocenters. The summed E-state index contributed by atoms with van der Waals surface area (Å²) in [6, 6.07) is 6.11. The Bertz CT molecular complexity index is 469. The van der Waals surface area contributed by atoms with Gasteiger partial charge < -0.3 is 0 Å². The molecule has 102 valence electrons. The van der Waals surface area contributed by atoms with Crippen molar-refractivity contribution in [3.05, 3.63) is 22.7 Å². The molecule has 19 heavy (non-hydrogen) atoms. The van der Waals surface area contributed by atoms with Crippen LogP contribution in [0.3, 0.4) is 0 Å². The van der Waals surface area contributed by atoms with E-state index in [4.69, 9.17) is 5.73 Å². The van der Waals surface area contributed by atoms with Crippen molar-refractivity contribution in [2.45, 2.75) is 33.1 Å². The number of anilines is 2. The fourth-order valence-corrected chi connectivity index (χ4v) is 2.69. The second-order valence-corrected chi connectivity index (χ2v) is 6.84. The summed E-state index contributed by atoms with van der Waals surface area (Å²) in [6.45, 7) is 5.51. The normalized spacial score (nSPS) is 14.7. The van der Waals surface area contributed by atoms with Crippen molar-refractivity contribution in [3.63, 3.8) is 0 Å². The first kappa shape index (κ1) is 14.6. The van der Waals surface area contributed by atoms with Gasteiger partial charge in [-0.2, -0.15) is 0 Å². The van der Waals surface area contributed by atoms with Crippen LogP contribution in [0.2, 0.25) is 0 Å². The molecule has 1 saturated carbocycles. The van der Waals surface area contributed by atoms with Crippen LogP contribution in [0.25, 0.3) is 0 Å². The summed E-state index contributed by atoms with van der Waals surface area (Å²) in [5, 5.41) is 0. The Balaban J connectivity index is 2.22. The molecule has 0 saturated heterocycles. The van der Waals surface area contributed by atoms with Crippen molar-refractivity contribution in [3.8, 4) is 0 Å². The molecule has 0 spiro atoms. The molecule has 0 aromatic heterocycles. The molecule has 4 heteroatoms. The summed E-state index contributed by atoms with van der Waals surface area (Å²) in [5.41, 5.74) is 9.27. The number of hydrogen-bond acceptors (Lipinski definition) is 2. The van der Waals surface area contributed by atoms with Gasteiger partial charge in [-0.15, -0.1) is 0 Å². The Hall–Kier alpha value is -0.765. The zero-order chi connectivity index (χ0) is 14.0. The Morgan fingerprint density at radius 1 is 1.47 bits per heavy atom. The van der Waals surface area contributed by atoms with Crippen LogP contribution in [-0.4, -0.2) is 19.6 Å². The summed E-state index contributed by atoms with van der Waals surface area (Å²) in [5.74, 6) is 1.43. The predicted molar refractivity (Wildman–Crippen MR) is 90.2 cm³/mol. The van der Waals surface area contributed by atoms with Gasteiger partial charge in [0.1, 0.15) is 0 Å². The van der Waals surface area contributed by atoms with Gasteiger partial charge in [-0.3, -0.25) is 0 Å². The summed E-state index contributed by atoms with van der Waals surface area (Å²) < 4.78 is 1.02. The van der Waals surface area contributed by atoms with E-state index in [1.165, 1.54) is 18.4 Å². The minimum atomic E-state index is 0.617. The summed E-state index contributed by atoms with van der Waals surface area (Å²) in [7, 11) is 4.27. The van der Waals surface area contributed by atoms with Crippen molar-refractivity contribution in [2.75, 3.05) is 17.2 Å². The summed E-state index contributed by atoms with van der Waals surface area (Å²) in [6.07, 6.45) is 3.69. The van der Waals surface area contributed by atoms with Crippen molar-refractivity contribution < 1.29 is 0 Å². The first-order valence-electron chi connectivity index (χ1n) is 6.97. The number of halogens is 1. The third-order valence-electron chi connectivity index (χ3n) is 3.44. The average Bonchev–Trinajstić information content (AvgIpc) is 3.09. The van der Waals surface area contributed by atoms with Crippen LogP contribution >= 0.6 is 15.9 Å². The van der Waals surface area contributed by atoms with Gasteiger partial charge in [-0.05, 0) is 0 Å². The maximum atomic E-state index is 6.17. The zero-order valence-electron chi connectivity index (χ0n) is 11.8. The van der Waals surface area contributed by atoms with E-state index in [0.29, 0.717) is 5.92 Å². The van der Waals surface area contributed by atoms with Crippen molar-refractivity contribution in [1.82, 2.24) is 0 Å². The molecule has 0 amide bonds. The molecule has 2 N–H and O–H groups in total. The van der Waals surface area contributed by atoms with Crippen LogP contribution in [0.1, 0.15) is 33.1 Å². The van der Waals surface area contributed by atoms with Gasteiger partial charge in [0.2, 0.25) is 0 Å². The number of rotatable bonds is 6. The van der Waals surface area contributed by atoms with Gasteiger partial charge in [-0.25, -0.2) is 0 Å². The molecule has 0 aliphatic heterocycles. The topological polar surface area (TPSA) is 29.3 Å². The van der Waals surface area contributed by atoms with Gasteiger partial charge in [0.05, 0.1) is 0 Å². The molecule has 0 bridgehead atoms. The molecule has 1 aromatic rings. The van der Waals surface area contributed by atoms with Crippen LogP contribution in [0.15, 0.2) is 22.7 Å². The van der Waals surface area contributed by atoms with E-state index in [1.54, 1.807) is 0 Å². The minimum absolute atomic E-state index is 0.617. The van der Waals surface area contributed by atoms with E-state index in [2.05, 4.69) is 48.2 Å². The van der Waals surface area contributed by atoms with E-state index in [-0.39, 0.29) is 0 Å². The molecule has 0 atom stereocenters. The molecule has 1 aromatic carbocycles. The summed E-state index contributed by atoms with van der Waals surface area (Å²) >= 11 is 3.46. The SMILES string of the molecule is B=C(CC(C)C)N(CC1CC1)c1ccc(Br)cc1N. The quantitative estimate of drug-likeness (QED) is 0.643. The fraction of sp³-hybridized carbons (Fsp3) is 0.533. The second kappa shape index (κ2) is 6.12. The Kier molecular flexibility index (Phi) is 4.72. The molecule has 1 aliphatic carbocycles. The monoisotopic (exact) mass is 320 g/mol. The van der Waals surface area contributed by atoms with Crippen LogP contribution in [-0.2, 0) is 0 Å². The first-order chi connectivity index (χ1) is 8.97.